The van der Waals surface area contributed by atoms with Crippen LogP contribution in [-0.2, 0) is 11.5 Å². The summed E-state index contributed by atoms with van der Waals surface area (Å²) < 4.78 is 62.1. The van der Waals surface area contributed by atoms with Crippen molar-refractivity contribution in [2.24, 2.45) is 0 Å². The van der Waals surface area contributed by atoms with E-state index in [-0.39, 0.29) is 5.33 Å². The number of alkyl halides is 6. The zero-order valence-corrected chi connectivity index (χ0v) is 9.24. The molecule has 0 aliphatic heterocycles. The van der Waals surface area contributed by atoms with Crippen LogP contribution in [-0.4, -0.2) is 4.98 Å². The molecule has 0 aromatic carbocycles. The number of rotatable bonds is 2. The number of nitrogens with two attached hydrogens (primary N) is 1. The van der Waals surface area contributed by atoms with Gasteiger partial charge in [0.2, 0.25) is 0 Å². The quantitative estimate of drug-likeness (QED) is 0.671. The summed E-state index contributed by atoms with van der Waals surface area (Å²) in [4.78, 5) is 3.31. The Labute approximate surface area is 95.8 Å². The summed E-state index contributed by atoms with van der Waals surface area (Å²) >= 11 is 2.79. The third kappa shape index (κ3) is 2.60. The highest BCUT2D eigenvalue weighted by molar-refractivity contribution is 9.08. The maximum atomic E-state index is 12.5. The zero-order valence-electron chi connectivity index (χ0n) is 7.65. The highest BCUT2D eigenvalue weighted by Gasteiger charge is 2.35. The Hall–Kier alpha value is -0.920. The molecular weight excluding hydrogens is 299 g/mol. The van der Waals surface area contributed by atoms with Crippen molar-refractivity contribution < 1.29 is 22.0 Å². The lowest BCUT2D eigenvalue weighted by atomic mass is 10.1. The van der Waals surface area contributed by atoms with Crippen LogP contribution in [0, 0.1) is 0 Å². The molecule has 0 unspecified atom stereocenters. The molecule has 0 aliphatic rings. The molecule has 1 rings (SSSR count). The fourth-order valence-electron chi connectivity index (χ4n) is 1.11. The van der Waals surface area contributed by atoms with Gasteiger partial charge in [-0.05, 0) is 6.07 Å². The van der Waals surface area contributed by atoms with Crippen LogP contribution in [0.15, 0.2) is 6.07 Å². The van der Waals surface area contributed by atoms with Crippen LogP contribution in [0.25, 0.3) is 0 Å². The number of nitrogens with zero attached hydrogens (tertiary/aromatic N) is 1. The molecule has 1 aromatic rings. The summed E-state index contributed by atoms with van der Waals surface area (Å²) in [5.41, 5.74) is 2.62. The lowest BCUT2D eigenvalue weighted by molar-refractivity contribution is -0.138. The molecule has 0 amide bonds. The minimum atomic E-state index is -4.73. The van der Waals surface area contributed by atoms with Gasteiger partial charge in [0, 0.05) is 5.33 Å². The van der Waals surface area contributed by atoms with Crippen molar-refractivity contribution in [3.63, 3.8) is 0 Å². The molecule has 0 atom stereocenters. The first-order chi connectivity index (χ1) is 7.27. The van der Waals surface area contributed by atoms with Crippen LogP contribution in [0.1, 0.15) is 23.2 Å². The van der Waals surface area contributed by atoms with E-state index in [1.165, 1.54) is 0 Å². The van der Waals surface area contributed by atoms with E-state index in [4.69, 9.17) is 5.73 Å². The van der Waals surface area contributed by atoms with E-state index in [2.05, 4.69) is 20.9 Å². The van der Waals surface area contributed by atoms with Gasteiger partial charge in [0.1, 0.15) is 5.82 Å². The van der Waals surface area contributed by atoms with Crippen molar-refractivity contribution in [3.05, 3.63) is 22.9 Å². The number of halogens is 6. The molecule has 16 heavy (non-hydrogen) atoms. The molecule has 0 saturated carbocycles. The van der Waals surface area contributed by atoms with E-state index in [0.29, 0.717) is 6.07 Å². The molecular formula is C8H6BrF5N2. The van der Waals surface area contributed by atoms with Crippen LogP contribution in [0.4, 0.5) is 27.8 Å². The fraction of sp³-hybridized carbons (Fsp3) is 0.375. The summed E-state index contributed by atoms with van der Waals surface area (Å²) in [7, 11) is 0. The maximum absolute atomic E-state index is 12.5. The second kappa shape index (κ2) is 4.52. The smallest absolute Gasteiger partial charge is 0.383 e. The molecule has 1 aromatic heterocycles. The molecule has 0 saturated heterocycles. The molecule has 0 spiro atoms. The van der Waals surface area contributed by atoms with E-state index >= 15 is 0 Å². The van der Waals surface area contributed by atoms with Gasteiger partial charge in [-0.3, -0.25) is 0 Å². The SMILES string of the molecule is Nc1nc(CBr)c(C(F)(F)F)cc1C(F)F. The molecule has 2 nitrogen and oxygen atoms in total. The van der Waals surface area contributed by atoms with Crippen LogP contribution in [0.2, 0.25) is 0 Å². The Morgan fingerprint density at radius 2 is 1.94 bits per heavy atom. The largest absolute Gasteiger partial charge is 0.418 e. The average Bonchev–Trinajstić information content (AvgIpc) is 2.14. The molecule has 2 N–H and O–H groups in total. The van der Waals surface area contributed by atoms with Crippen LogP contribution in [0.5, 0.6) is 0 Å². The number of nitrogen functional groups attached to an aromatic ring is 1. The number of anilines is 1. The Morgan fingerprint density at radius 1 is 1.38 bits per heavy atom. The normalized spacial score (nSPS) is 12.2. The first-order valence-electron chi connectivity index (χ1n) is 3.98. The van der Waals surface area contributed by atoms with Crippen molar-refractivity contribution in [1.29, 1.82) is 0 Å². The van der Waals surface area contributed by atoms with Gasteiger partial charge < -0.3 is 5.73 Å². The summed E-state index contributed by atoms with van der Waals surface area (Å²) in [6.45, 7) is 0. The summed E-state index contributed by atoms with van der Waals surface area (Å²) in [6.07, 6.45) is -7.81. The number of aromatic nitrogens is 1. The number of hydrogen-bond acceptors (Lipinski definition) is 2. The maximum Gasteiger partial charge on any atom is 0.418 e. The van der Waals surface area contributed by atoms with Gasteiger partial charge in [0.25, 0.3) is 6.43 Å². The first-order valence-corrected chi connectivity index (χ1v) is 5.10. The topological polar surface area (TPSA) is 38.9 Å². The van der Waals surface area contributed by atoms with Gasteiger partial charge >= 0.3 is 6.18 Å². The molecule has 1 heterocycles. The van der Waals surface area contributed by atoms with Crippen molar-refractivity contribution in [2.45, 2.75) is 17.9 Å². The zero-order chi connectivity index (χ0) is 12.5. The van der Waals surface area contributed by atoms with E-state index in [0.717, 1.165) is 0 Å². The number of pyridine rings is 1. The summed E-state index contributed by atoms with van der Waals surface area (Å²) in [6, 6.07) is 0.337. The van der Waals surface area contributed by atoms with Crippen molar-refractivity contribution in [2.75, 3.05) is 5.73 Å². The number of hydrogen-bond donors (Lipinski definition) is 1. The average molecular weight is 305 g/mol. The Bertz CT molecular complexity index is 391. The highest BCUT2D eigenvalue weighted by Crippen LogP contribution is 2.36. The van der Waals surface area contributed by atoms with Gasteiger partial charge in [0.05, 0.1) is 16.8 Å². The van der Waals surface area contributed by atoms with Gasteiger partial charge in [-0.25, -0.2) is 13.8 Å². The Kier molecular flexibility index (Phi) is 3.72. The van der Waals surface area contributed by atoms with E-state index in [1.807, 2.05) is 0 Å². The standard InChI is InChI=1S/C8H6BrF5N2/c9-2-5-4(8(12,13)14)1-3(6(10)11)7(15)16-5/h1,6H,2H2,(H2,15,16). The van der Waals surface area contributed by atoms with Gasteiger partial charge in [-0.15, -0.1) is 0 Å². The third-order valence-electron chi connectivity index (χ3n) is 1.83. The predicted octanol–water partition coefficient (Wildman–Crippen LogP) is 3.52. The molecule has 0 bridgehead atoms. The lowest BCUT2D eigenvalue weighted by Crippen LogP contribution is -2.13. The lowest BCUT2D eigenvalue weighted by Gasteiger charge is -2.13. The van der Waals surface area contributed by atoms with Crippen molar-refractivity contribution >= 4 is 21.7 Å². The minimum Gasteiger partial charge on any atom is -0.383 e. The molecule has 0 fully saturated rings. The van der Waals surface area contributed by atoms with E-state index in [9.17, 15) is 22.0 Å². The first kappa shape index (κ1) is 13.1. The highest BCUT2D eigenvalue weighted by atomic mass is 79.9. The van der Waals surface area contributed by atoms with Crippen LogP contribution in [0.3, 0.4) is 0 Å². The molecule has 0 radical (unpaired) electrons. The third-order valence-corrected chi connectivity index (χ3v) is 2.36. The molecule has 90 valence electrons. The second-order valence-electron chi connectivity index (χ2n) is 2.89. The minimum absolute atomic E-state index is 0.213. The van der Waals surface area contributed by atoms with Gasteiger partial charge in [-0.2, -0.15) is 13.2 Å². The predicted molar refractivity (Wildman–Crippen MR) is 51.2 cm³/mol. The van der Waals surface area contributed by atoms with Gasteiger partial charge in [0.15, 0.2) is 0 Å². The molecule has 0 aliphatic carbocycles. The summed E-state index contributed by atoms with van der Waals surface area (Å²) in [5.74, 6) is -0.586. The Morgan fingerprint density at radius 3 is 2.31 bits per heavy atom. The van der Waals surface area contributed by atoms with Crippen LogP contribution >= 0.6 is 15.9 Å². The van der Waals surface area contributed by atoms with Crippen molar-refractivity contribution in [3.8, 4) is 0 Å². The monoisotopic (exact) mass is 304 g/mol. The van der Waals surface area contributed by atoms with Crippen molar-refractivity contribution in [1.82, 2.24) is 4.98 Å². The van der Waals surface area contributed by atoms with Gasteiger partial charge in [-0.1, -0.05) is 15.9 Å². The summed E-state index contributed by atoms with van der Waals surface area (Å²) in [5, 5.41) is -0.213. The second-order valence-corrected chi connectivity index (χ2v) is 3.45. The van der Waals surface area contributed by atoms with Crippen LogP contribution < -0.4 is 5.73 Å². The fourth-order valence-corrected chi connectivity index (χ4v) is 1.53. The Balaban J connectivity index is 3.41. The van der Waals surface area contributed by atoms with E-state index in [1.54, 1.807) is 0 Å². The molecule has 8 heteroatoms. The van der Waals surface area contributed by atoms with E-state index < -0.39 is 35.2 Å².